The van der Waals surface area contributed by atoms with Crippen LogP contribution in [0.3, 0.4) is 0 Å². The molecule has 0 aliphatic carbocycles. The molecule has 1 rings (SSSR count). The maximum Gasteiger partial charge on any atom is 0.0495 e. The fraction of sp³-hybridized carbons (Fsp3) is 1.00. The third kappa shape index (κ3) is 1.67. The van der Waals surface area contributed by atoms with Gasteiger partial charge < -0.3 is 4.74 Å². The number of ether oxygens (including phenoxy) is 1. The fourth-order valence-corrected chi connectivity index (χ4v) is 1.36. The molecule has 1 heterocycles. The van der Waals surface area contributed by atoms with E-state index in [1.54, 1.807) is 0 Å². The van der Waals surface area contributed by atoms with Gasteiger partial charge in [-0.3, -0.25) is 0 Å². The molecule has 0 spiro atoms. The van der Waals surface area contributed by atoms with Crippen molar-refractivity contribution in [1.82, 2.24) is 0 Å². The van der Waals surface area contributed by atoms with Crippen molar-refractivity contribution < 1.29 is 4.74 Å². The molecule has 1 aliphatic heterocycles. The standard InChI is InChI=1S/C6H12OS/c8-4-2-6-1-3-7-5-6/h6,8H,1-5H2. The van der Waals surface area contributed by atoms with E-state index in [4.69, 9.17) is 4.74 Å². The minimum absolute atomic E-state index is 0.812. The zero-order valence-corrected chi connectivity index (χ0v) is 5.86. The first kappa shape index (κ1) is 6.43. The van der Waals surface area contributed by atoms with Gasteiger partial charge in [0, 0.05) is 13.2 Å². The molecular weight excluding hydrogens is 120 g/mol. The molecule has 2 heteroatoms. The zero-order chi connectivity index (χ0) is 5.82. The van der Waals surface area contributed by atoms with Crippen LogP contribution in [0.25, 0.3) is 0 Å². The summed E-state index contributed by atoms with van der Waals surface area (Å²) in [5.41, 5.74) is 0. The van der Waals surface area contributed by atoms with Gasteiger partial charge in [0.15, 0.2) is 0 Å². The van der Waals surface area contributed by atoms with Gasteiger partial charge in [-0.1, -0.05) is 0 Å². The first-order valence-corrected chi connectivity index (χ1v) is 3.75. The van der Waals surface area contributed by atoms with Crippen molar-refractivity contribution in [1.29, 1.82) is 0 Å². The normalized spacial score (nSPS) is 28.9. The first-order chi connectivity index (χ1) is 3.93. The van der Waals surface area contributed by atoms with Crippen molar-refractivity contribution in [2.45, 2.75) is 12.8 Å². The lowest BCUT2D eigenvalue weighted by atomic mass is 10.1. The van der Waals surface area contributed by atoms with Crippen LogP contribution >= 0.6 is 12.6 Å². The monoisotopic (exact) mass is 132 g/mol. The van der Waals surface area contributed by atoms with E-state index >= 15 is 0 Å². The van der Waals surface area contributed by atoms with E-state index in [9.17, 15) is 0 Å². The summed E-state index contributed by atoms with van der Waals surface area (Å²) < 4.78 is 5.18. The van der Waals surface area contributed by atoms with Crippen LogP contribution in [0, 0.1) is 5.92 Å². The SMILES string of the molecule is SCCC1CCOC1. The summed E-state index contributed by atoms with van der Waals surface area (Å²) in [6.45, 7) is 1.94. The molecule has 0 bridgehead atoms. The van der Waals surface area contributed by atoms with E-state index < -0.39 is 0 Å². The fourth-order valence-electron chi connectivity index (χ4n) is 0.994. The third-order valence-electron chi connectivity index (χ3n) is 1.56. The number of thiol groups is 1. The van der Waals surface area contributed by atoms with Gasteiger partial charge in [-0.15, -0.1) is 0 Å². The zero-order valence-electron chi connectivity index (χ0n) is 4.97. The highest BCUT2D eigenvalue weighted by atomic mass is 32.1. The van der Waals surface area contributed by atoms with Gasteiger partial charge in [0.05, 0.1) is 0 Å². The molecule has 1 aliphatic rings. The van der Waals surface area contributed by atoms with Crippen molar-refractivity contribution in [2.75, 3.05) is 19.0 Å². The topological polar surface area (TPSA) is 9.23 Å². The van der Waals surface area contributed by atoms with Gasteiger partial charge in [-0.25, -0.2) is 0 Å². The summed E-state index contributed by atoms with van der Waals surface area (Å²) in [4.78, 5) is 0. The molecule has 1 unspecified atom stereocenters. The van der Waals surface area contributed by atoms with Crippen molar-refractivity contribution in [2.24, 2.45) is 5.92 Å². The Morgan fingerprint density at radius 1 is 1.62 bits per heavy atom. The van der Waals surface area contributed by atoms with Crippen molar-refractivity contribution in [3.63, 3.8) is 0 Å². The smallest absolute Gasteiger partial charge is 0.0495 e. The van der Waals surface area contributed by atoms with E-state index in [2.05, 4.69) is 12.6 Å². The van der Waals surface area contributed by atoms with Gasteiger partial charge in [-0.2, -0.15) is 12.6 Å². The van der Waals surface area contributed by atoms with E-state index in [0.29, 0.717) is 0 Å². The predicted octanol–water partition coefficient (Wildman–Crippen LogP) is 1.34. The Kier molecular flexibility index (Phi) is 2.70. The van der Waals surface area contributed by atoms with Gasteiger partial charge in [0.1, 0.15) is 0 Å². The van der Waals surface area contributed by atoms with Crippen LogP contribution in [0.5, 0.6) is 0 Å². The molecular formula is C6H12OS. The highest BCUT2D eigenvalue weighted by molar-refractivity contribution is 7.80. The van der Waals surface area contributed by atoms with E-state index in [1.165, 1.54) is 12.8 Å². The molecule has 48 valence electrons. The van der Waals surface area contributed by atoms with Crippen LogP contribution in [0.4, 0.5) is 0 Å². The van der Waals surface area contributed by atoms with Gasteiger partial charge >= 0.3 is 0 Å². The molecule has 1 atom stereocenters. The minimum Gasteiger partial charge on any atom is -0.381 e. The predicted molar refractivity (Wildman–Crippen MR) is 37.4 cm³/mol. The van der Waals surface area contributed by atoms with Crippen LogP contribution in [-0.2, 0) is 4.74 Å². The van der Waals surface area contributed by atoms with E-state index in [0.717, 1.165) is 24.9 Å². The van der Waals surface area contributed by atoms with Crippen molar-refractivity contribution in [3.05, 3.63) is 0 Å². The van der Waals surface area contributed by atoms with E-state index in [-0.39, 0.29) is 0 Å². The summed E-state index contributed by atoms with van der Waals surface area (Å²) in [6, 6.07) is 0. The molecule has 1 nitrogen and oxygen atoms in total. The minimum atomic E-state index is 0.812. The largest absolute Gasteiger partial charge is 0.381 e. The average molecular weight is 132 g/mol. The average Bonchev–Trinajstić information content (AvgIpc) is 2.19. The van der Waals surface area contributed by atoms with Crippen LogP contribution < -0.4 is 0 Å². The molecule has 0 aromatic rings. The molecule has 1 saturated heterocycles. The van der Waals surface area contributed by atoms with Crippen molar-refractivity contribution >= 4 is 12.6 Å². The summed E-state index contributed by atoms with van der Waals surface area (Å²) in [6.07, 6.45) is 2.48. The van der Waals surface area contributed by atoms with Crippen molar-refractivity contribution in [3.8, 4) is 0 Å². The lowest BCUT2D eigenvalue weighted by Gasteiger charge is -2.01. The number of rotatable bonds is 2. The number of hydrogen-bond donors (Lipinski definition) is 1. The lowest BCUT2D eigenvalue weighted by Crippen LogP contribution is -1.98. The quantitative estimate of drug-likeness (QED) is 0.558. The molecule has 0 aromatic heterocycles. The Bertz CT molecular complexity index is 59.5. The molecule has 0 N–H and O–H groups in total. The first-order valence-electron chi connectivity index (χ1n) is 3.12. The maximum atomic E-state index is 5.18. The van der Waals surface area contributed by atoms with Gasteiger partial charge in [0.2, 0.25) is 0 Å². The molecule has 8 heavy (non-hydrogen) atoms. The van der Waals surface area contributed by atoms with Crippen LogP contribution in [-0.4, -0.2) is 19.0 Å². The van der Waals surface area contributed by atoms with E-state index in [1.807, 2.05) is 0 Å². The Morgan fingerprint density at radius 2 is 2.50 bits per heavy atom. The Hall–Kier alpha value is 0.310. The molecule has 1 fully saturated rings. The molecule has 0 radical (unpaired) electrons. The lowest BCUT2D eigenvalue weighted by molar-refractivity contribution is 0.185. The Balaban J connectivity index is 2.06. The summed E-state index contributed by atoms with van der Waals surface area (Å²) >= 11 is 4.14. The summed E-state index contributed by atoms with van der Waals surface area (Å²) in [7, 11) is 0. The van der Waals surface area contributed by atoms with Gasteiger partial charge in [-0.05, 0) is 24.5 Å². The molecule has 0 amide bonds. The third-order valence-corrected chi connectivity index (χ3v) is 1.82. The molecule has 0 aromatic carbocycles. The van der Waals surface area contributed by atoms with Crippen LogP contribution in [0.2, 0.25) is 0 Å². The van der Waals surface area contributed by atoms with Gasteiger partial charge in [0.25, 0.3) is 0 Å². The Labute approximate surface area is 55.8 Å². The summed E-state index contributed by atoms with van der Waals surface area (Å²) in [5.74, 6) is 1.82. The maximum absolute atomic E-state index is 5.18. The second-order valence-corrected chi connectivity index (χ2v) is 2.69. The highest BCUT2D eigenvalue weighted by Gasteiger charge is 2.13. The second kappa shape index (κ2) is 3.36. The second-order valence-electron chi connectivity index (χ2n) is 2.24. The van der Waals surface area contributed by atoms with Crippen LogP contribution in [0.1, 0.15) is 12.8 Å². The Morgan fingerprint density at radius 3 is 3.00 bits per heavy atom. The highest BCUT2D eigenvalue weighted by Crippen LogP contribution is 2.15. The summed E-state index contributed by atoms with van der Waals surface area (Å²) in [5, 5.41) is 0. The van der Waals surface area contributed by atoms with Crippen LogP contribution in [0.15, 0.2) is 0 Å². The number of hydrogen-bond acceptors (Lipinski definition) is 2. The molecule has 0 saturated carbocycles.